The van der Waals surface area contributed by atoms with Gasteiger partial charge in [-0.2, -0.15) is 0 Å². The lowest BCUT2D eigenvalue weighted by Crippen LogP contribution is -2.34. The molecule has 0 bridgehead atoms. The largest absolute Gasteiger partial charge is 0.340 e. The minimum atomic E-state index is -0.188. The molecule has 1 aliphatic rings. The molecule has 0 spiro atoms. The standard InChI is InChI=1S/C25H24FN2/c26-21-13-11-19(12-14-21)16-27-15-5-6-20(17-27)18-28-24-9-3-1-7-22(24)23-8-2-4-10-25(23)28/h1,3,5-7,9,11-15,17H,2,4,8,10,16,18H2/q+1. The number of aromatic nitrogens is 2. The first-order valence-corrected chi connectivity index (χ1v) is 10.1. The zero-order valence-corrected chi connectivity index (χ0v) is 15.9. The van der Waals surface area contributed by atoms with Gasteiger partial charge in [-0.3, -0.25) is 0 Å². The molecule has 0 aliphatic heterocycles. The van der Waals surface area contributed by atoms with Crippen LogP contribution < -0.4 is 4.57 Å². The van der Waals surface area contributed by atoms with Crippen LogP contribution in [0.25, 0.3) is 10.9 Å². The fourth-order valence-corrected chi connectivity index (χ4v) is 4.52. The zero-order valence-electron chi connectivity index (χ0n) is 15.9. The Morgan fingerprint density at radius 2 is 1.68 bits per heavy atom. The van der Waals surface area contributed by atoms with Crippen molar-refractivity contribution in [3.05, 3.63) is 101 Å². The van der Waals surface area contributed by atoms with Crippen LogP contribution in [0.4, 0.5) is 4.39 Å². The summed E-state index contributed by atoms with van der Waals surface area (Å²) in [6.45, 7) is 1.64. The first-order chi connectivity index (χ1) is 13.8. The number of pyridine rings is 1. The van der Waals surface area contributed by atoms with E-state index in [9.17, 15) is 4.39 Å². The molecule has 2 aromatic heterocycles. The normalized spacial score (nSPS) is 13.6. The topological polar surface area (TPSA) is 8.81 Å². The van der Waals surface area contributed by atoms with E-state index in [1.165, 1.54) is 60.0 Å². The molecular weight excluding hydrogens is 347 g/mol. The van der Waals surface area contributed by atoms with Crippen molar-refractivity contribution in [2.75, 3.05) is 0 Å². The van der Waals surface area contributed by atoms with Gasteiger partial charge in [0.1, 0.15) is 5.82 Å². The lowest BCUT2D eigenvalue weighted by atomic mass is 9.95. The number of halogens is 1. The van der Waals surface area contributed by atoms with Crippen LogP contribution in [0.5, 0.6) is 0 Å². The number of rotatable bonds is 4. The Kier molecular flexibility index (Phi) is 4.44. The van der Waals surface area contributed by atoms with Crippen molar-refractivity contribution >= 4 is 10.9 Å². The summed E-state index contributed by atoms with van der Waals surface area (Å²) in [5.41, 5.74) is 6.81. The van der Waals surface area contributed by atoms with Gasteiger partial charge in [0, 0.05) is 33.8 Å². The van der Waals surface area contributed by atoms with Crippen LogP contribution in [0.2, 0.25) is 0 Å². The van der Waals surface area contributed by atoms with Crippen molar-refractivity contribution in [3.8, 4) is 0 Å². The molecular formula is C25H24FN2+. The van der Waals surface area contributed by atoms with Crippen molar-refractivity contribution in [1.82, 2.24) is 4.57 Å². The number of hydrogen-bond donors (Lipinski definition) is 0. The summed E-state index contributed by atoms with van der Waals surface area (Å²) in [6.07, 6.45) is 9.24. The molecule has 0 radical (unpaired) electrons. The van der Waals surface area contributed by atoms with Crippen molar-refractivity contribution in [2.24, 2.45) is 0 Å². The molecule has 0 amide bonds. The van der Waals surface area contributed by atoms with Crippen molar-refractivity contribution in [3.63, 3.8) is 0 Å². The summed E-state index contributed by atoms with van der Waals surface area (Å²) < 4.78 is 17.9. The summed E-state index contributed by atoms with van der Waals surface area (Å²) in [4.78, 5) is 0. The van der Waals surface area contributed by atoms with Gasteiger partial charge in [0.2, 0.25) is 0 Å². The minimum absolute atomic E-state index is 0.188. The number of nitrogens with zero attached hydrogens (tertiary/aromatic N) is 2. The van der Waals surface area contributed by atoms with Crippen molar-refractivity contribution in [2.45, 2.75) is 38.8 Å². The van der Waals surface area contributed by atoms with Crippen LogP contribution >= 0.6 is 0 Å². The smallest absolute Gasteiger partial charge is 0.174 e. The summed E-state index contributed by atoms with van der Waals surface area (Å²) in [7, 11) is 0. The summed E-state index contributed by atoms with van der Waals surface area (Å²) in [5.74, 6) is -0.188. The highest BCUT2D eigenvalue weighted by Crippen LogP contribution is 2.32. The Morgan fingerprint density at radius 3 is 2.57 bits per heavy atom. The SMILES string of the molecule is Fc1ccc(C[n+]2cccc(Cn3c4c(c5ccccc53)CCCC4)c2)cc1. The highest BCUT2D eigenvalue weighted by Gasteiger charge is 2.20. The van der Waals surface area contributed by atoms with E-state index in [-0.39, 0.29) is 5.82 Å². The summed E-state index contributed by atoms with van der Waals surface area (Å²) in [6, 6.07) is 19.9. The predicted octanol–water partition coefficient (Wildman–Crippen LogP) is 5.04. The predicted molar refractivity (Wildman–Crippen MR) is 110 cm³/mol. The second-order valence-corrected chi connectivity index (χ2v) is 7.75. The number of benzene rings is 2. The van der Waals surface area contributed by atoms with Gasteiger partial charge in [-0.15, -0.1) is 0 Å². The monoisotopic (exact) mass is 371 g/mol. The van der Waals surface area contributed by atoms with E-state index in [1.807, 2.05) is 12.1 Å². The Hall–Kier alpha value is -2.94. The van der Waals surface area contributed by atoms with Crippen LogP contribution in [0.15, 0.2) is 73.1 Å². The van der Waals surface area contributed by atoms with E-state index in [2.05, 4.69) is 57.9 Å². The van der Waals surface area contributed by atoms with Gasteiger partial charge < -0.3 is 4.57 Å². The third kappa shape index (κ3) is 3.22. The molecule has 5 rings (SSSR count). The van der Waals surface area contributed by atoms with Crippen LogP contribution in [-0.2, 0) is 25.9 Å². The van der Waals surface area contributed by atoms with Gasteiger partial charge in [0.25, 0.3) is 0 Å². The maximum absolute atomic E-state index is 13.2. The van der Waals surface area contributed by atoms with E-state index in [0.29, 0.717) is 0 Å². The lowest BCUT2D eigenvalue weighted by Gasteiger charge is -2.16. The minimum Gasteiger partial charge on any atom is -0.340 e. The fourth-order valence-electron chi connectivity index (χ4n) is 4.52. The lowest BCUT2D eigenvalue weighted by molar-refractivity contribution is -0.688. The second-order valence-electron chi connectivity index (χ2n) is 7.75. The first-order valence-electron chi connectivity index (χ1n) is 10.1. The van der Waals surface area contributed by atoms with Crippen molar-refractivity contribution in [1.29, 1.82) is 0 Å². The molecule has 3 heteroatoms. The van der Waals surface area contributed by atoms with Crippen LogP contribution in [0.1, 0.15) is 35.2 Å². The van der Waals surface area contributed by atoms with Gasteiger partial charge in [-0.05, 0) is 67.6 Å². The van der Waals surface area contributed by atoms with Gasteiger partial charge >= 0.3 is 0 Å². The van der Waals surface area contributed by atoms with Gasteiger partial charge in [0.05, 0.1) is 6.54 Å². The number of aryl methyl sites for hydroxylation is 1. The summed E-state index contributed by atoms with van der Waals surface area (Å²) >= 11 is 0. The molecule has 0 unspecified atom stereocenters. The van der Waals surface area contributed by atoms with Gasteiger partial charge in [0.15, 0.2) is 18.9 Å². The van der Waals surface area contributed by atoms with Gasteiger partial charge in [-0.25, -0.2) is 8.96 Å². The Balaban J connectivity index is 1.48. The maximum Gasteiger partial charge on any atom is 0.174 e. The van der Waals surface area contributed by atoms with Crippen LogP contribution in [-0.4, -0.2) is 4.57 Å². The third-order valence-electron chi connectivity index (χ3n) is 5.82. The quantitative estimate of drug-likeness (QED) is 0.444. The van der Waals surface area contributed by atoms with E-state index in [1.54, 1.807) is 5.56 Å². The third-order valence-corrected chi connectivity index (χ3v) is 5.82. The molecule has 0 saturated heterocycles. The number of hydrogen-bond acceptors (Lipinski definition) is 0. The van der Waals surface area contributed by atoms with Gasteiger partial charge in [-0.1, -0.05) is 18.2 Å². The average Bonchev–Trinajstić information content (AvgIpc) is 3.04. The van der Waals surface area contributed by atoms with Crippen molar-refractivity contribution < 1.29 is 8.96 Å². The molecule has 2 heterocycles. The molecule has 0 saturated carbocycles. The molecule has 28 heavy (non-hydrogen) atoms. The molecule has 2 aromatic carbocycles. The van der Waals surface area contributed by atoms with E-state index < -0.39 is 0 Å². The molecule has 4 aromatic rings. The van der Waals surface area contributed by atoms with E-state index in [0.717, 1.165) is 18.7 Å². The number of para-hydroxylation sites is 1. The fraction of sp³-hybridized carbons (Fsp3) is 0.240. The molecule has 0 fully saturated rings. The Labute approximate surface area is 164 Å². The average molecular weight is 371 g/mol. The maximum atomic E-state index is 13.2. The molecule has 1 aliphatic carbocycles. The number of fused-ring (bicyclic) bond motifs is 3. The zero-order chi connectivity index (χ0) is 18.9. The highest BCUT2D eigenvalue weighted by atomic mass is 19.1. The summed E-state index contributed by atoms with van der Waals surface area (Å²) in [5, 5.41) is 1.42. The van der Waals surface area contributed by atoms with Crippen LogP contribution in [0, 0.1) is 5.82 Å². The molecule has 140 valence electrons. The first kappa shape index (κ1) is 17.2. The Bertz CT molecular complexity index is 1130. The molecule has 0 atom stereocenters. The molecule has 0 N–H and O–H groups in total. The van der Waals surface area contributed by atoms with E-state index in [4.69, 9.17) is 0 Å². The highest BCUT2D eigenvalue weighted by molar-refractivity contribution is 5.86. The molecule has 2 nitrogen and oxygen atoms in total. The Morgan fingerprint density at radius 1 is 0.857 bits per heavy atom. The second kappa shape index (κ2) is 7.23. The van der Waals surface area contributed by atoms with E-state index >= 15 is 0 Å². The van der Waals surface area contributed by atoms with Crippen LogP contribution in [0.3, 0.4) is 0 Å².